The van der Waals surface area contributed by atoms with Crippen LogP contribution in [0.2, 0.25) is 0 Å². The first-order valence-corrected chi connectivity index (χ1v) is 14.0. The van der Waals surface area contributed by atoms with E-state index in [0.29, 0.717) is 4.88 Å². The van der Waals surface area contributed by atoms with Crippen molar-refractivity contribution in [2.24, 2.45) is 0 Å². The van der Waals surface area contributed by atoms with Crippen molar-refractivity contribution < 1.29 is 17.5 Å². The van der Waals surface area contributed by atoms with E-state index in [0.717, 1.165) is 20.5 Å². The van der Waals surface area contributed by atoms with Crippen molar-refractivity contribution in [2.45, 2.75) is 9.10 Å². The Hall–Kier alpha value is -2.39. The fraction of sp³-hybridized carbons (Fsp3) is 0.0952. The molecule has 0 unspecified atom stereocenters. The van der Waals surface area contributed by atoms with E-state index in [1.807, 2.05) is 24.3 Å². The van der Waals surface area contributed by atoms with Gasteiger partial charge in [0.1, 0.15) is 15.2 Å². The van der Waals surface area contributed by atoms with Gasteiger partial charge in [-0.1, -0.05) is 24.3 Å². The van der Waals surface area contributed by atoms with Crippen LogP contribution in [0.1, 0.15) is 4.88 Å². The third kappa shape index (κ3) is 3.43. The number of hydrogen-bond acceptors (Lipinski definition) is 7. The quantitative estimate of drug-likeness (QED) is 0.378. The van der Waals surface area contributed by atoms with Gasteiger partial charge in [0.15, 0.2) is 0 Å². The third-order valence-electron chi connectivity index (χ3n) is 5.11. The van der Waals surface area contributed by atoms with Crippen LogP contribution in [0.3, 0.4) is 0 Å². The van der Waals surface area contributed by atoms with Gasteiger partial charge in [0.05, 0.1) is 22.9 Å². The lowest BCUT2D eigenvalue weighted by Gasteiger charge is -2.42. The molecule has 3 heterocycles. The molecule has 0 amide bonds. The molecule has 6 nitrogen and oxygen atoms in total. The number of nitrogens with zero attached hydrogens (tertiary/aromatic N) is 2. The highest BCUT2D eigenvalue weighted by molar-refractivity contribution is 8.24. The van der Waals surface area contributed by atoms with Gasteiger partial charge in [-0.05, 0) is 47.3 Å². The van der Waals surface area contributed by atoms with E-state index in [2.05, 4.69) is 6.07 Å². The number of benzene rings is 2. The lowest BCUT2D eigenvalue weighted by atomic mass is 10.1. The topological polar surface area (TPSA) is 102 Å². The number of thiophene rings is 2. The predicted octanol–water partition coefficient (Wildman–Crippen LogP) is 5.82. The van der Waals surface area contributed by atoms with Crippen LogP contribution in [0.25, 0.3) is 20.5 Å². The SMILES string of the molecule is N#Cc1ccc(-c2ccc3c(c2)N(S(=O)(=O)c2cc4ccccc4s2)CCS3(O)O)s1. The molecule has 2 aromatic carbocycles. The summed E-state index contributed by atoms with van der Waals surface area (Å²) in [4.78, 5) is 1.58. The number of sulfonamides is 1. The van der Waals surface area contributed by atoms with Crippen LogP contribution >= 0.6 is 33.3 Å². The van der Waals surface area contributed by atoms with Crippen LogP contribution in [0.5, 0.6) is 0 Å². The average Bonchev–Trinajstić information content (AvgIpc) is 3.40. The Labute approximate surface area is 189 Å². The van der Waals surface area contributed by atoms with Gasteiger partial charge in [-0.15, -0.1) is 22.7 Å². The molecule has 4 aromatic rings. The third-order valence-corrected chi connectivity index (χ3v) is 11.3. The van der Waals surface area contributed by atoms with Crippen molar-refractivity contribution in [1.29, 1.82) is 5.26 Å². The van der Waals surface area contributed by atoms with Crippen LogP contribution in [-0.2, 0) is 10.0 Å². The zero-order chi connectivity index (χ0) is 21.8. The van der Waals surface area contributed by atoms with E-state index in [4.69, 9.17) is 5.26 Å². The summed E-state index contributed by atoms with van der Waals surface area (Å²) in [5.74, 6) is -0.0545. The summed E-state index contributed by atoms with van der Waals surface area (Å²) in [6, 6.07) is 19.7. The van der Waals surface area contributed by atoms with Gasteiger partial charge in [-0.3, -0.25) is 13.4 Å². The Bertz CT molecular complexity index is 1430. The molecule has 10 heteroatoms. The Balaban J connectivity index is 1.65. The first-order valence-electron chi connectivity index (χ1n) is 9.21. The second-order valence-electron chi connectivity index (χ2n) is 7.01. The molecule has 0 radical (unpaired) electrons. The summed E-state index contributed by atoms with van der Waals surface area (Å²) in [7, 11) is -6.98. The summed E-state index contributed by atoms with van der Waals surface area (Å²) < 4.78 is 50.7. The van der Waals surface area contributed by atoms with E-state index in [-0.39, 0.29) is 27.1 Å². The van der Waals surface area contributed by atoms with Crippen molar-refractivity contribution in [3.05, 3.63) is 65.5 Å². The lowest BCUT2D eigenvalue weighted by molar-refractivity contribution is 0.484. The minimum Gasteiger partial charge on any atom is -0.295 e. The van der Waals surface area contributed by atoms with Crippen LogP contribution < -0.4 is 4.31 Å². The first kappa shape index (κ1) is 20.5. The van der Waals surface area contributed by atoms with Gasteiger partial charge in [-0.25, -0.2) is 8.42 Å². The first-order chi connectivity index (χ1) is 14.8. The monoisotopic (exact) mass is 488 g/mol. The summed E-state index contributed by atoms with van der Waals surface area (Å²) in [6.07, 6.45) is 0. The number of fused-ring (bicyclic) bond motifs is 2. The molecular weight excluding hydrogens is 473 g/mol. The van der Waals surface area contributed by atoms with Gasteiger partial charge in [-0.2, -0.15) is 15.9 Å². The molecule has 2 aromatic heterocycles. The van der Waals surface area contributed by atoms with Crippen LogP contribution in [-0.4, -0.2) is 29.8 Å². The maximum Gasteiger partial charge on any atom is 0.273 e. The molecule has 31 heavy (non-hydrogen) atoms. The smallest absolute Gasteiger partial charge is 0.273 e. The Kier molecular flexibility index (Phi) is 4.86. The van der Waals surface area contributed by atoms with Gasteiger partial charge in [0.2, 0.25) is 0 Å². The van der Waals surface area contributed by atoms with Crippen molar-refractivity contribution in [3.8, 4) is 16.5 Å². The number of nitriles is 1. The highest BCUT2D eigenvalue weighted by Gasteiger charge is 2.36. The number of rotatable bonds is 3. The maximum absolute atomic E-state index is 13.6. The van der Waals surface area contributed by atoms with E-state index in [1.54, 1.807) is 36.4 Å². The number of anilines is 1. The molecule has 0 aliphatic carbocycles. The maximum atomic E-state index is 13.6. The fourth-order valence-corrected chi connectivity index (χ4v) is 8.99. The predicted molar refractivity (Wildman–Crippen MR) is 127 cm³/mol. The lowest BCUT2D eigenvalue weighted by Crippen LogP contribution is -2.38. The zero-order valence-electron chi connectivity index (χ0n) is 15.9. The Morgan fingerprint density at radius 2 is 1.84 bits per heavy atom. The Morgan fingerprint density at radius 3 is 2.58 bits per heavy atom. The summed E-state index contributed by atoms with van der Waals surface area (Å²) in [5, 5.41) is 9.96. The summed E-state index contributed by atoms with van der Waals surface area (Å²) in [6.45, 7) is -0.0246. The van der Waals surface area contributed by atoms with Crippen LogP contribution in [0, 0.1) is 11.3 Å². The minimum atomic E-state index is -3.89. The van der Waals surface area contributed by atoms with Crippen molar-refractivity contribution >= 4 is 59.1 Å². The van der Waals surface area contributed by atoms with Crippen LogP contribution in [0.4, 0.5) is 5.69 Å². The Morgan fingerprint density at radius 1 is 1.03 bits per heavy atom. The zero-order valence-corrected chi connectivity index (χ0v) is 19.2. The van der Waals surface area contributed by atoms with Gasteiger partial charge < -0.3 is 0 Å². The standard InChI is InChI=1S/C21H16N2O4S4/c22-13-16-6-7-19(28-16)15-5-8-20-17(11-15)23(9-10-30(20,24)25)31(26,27)21-12-14-3-1-2-4-18(14)29-21/h1-8,11-12,24-25H,9-10H2. The van der Waals surface area contributed by atoms with E-state index < -0.39 is 20.6 Å². The minimum absolute atomic E-state index is 0.0246. The molecule has 0 atom stereocenters. The van der Waals surface area contributed by atoms with Crippen molar-refractivity contribution in [2.75, 3.05) is 16.6 Å². The molecule has 0 saturated heterocycles. The summed E-state index contributed by atoms with van der Waals surface area (Å²) in [5.41, 5.74) is 0.993. The second-order valence-corrected chi connectivity index (χ2v) is 13.4. The molecule has 158 valence electrons. The van der Waals surface area contributed by atoms with E-state index in [1.165, 1.54) is 27.0 Å². The highest BCUT2D eigenvalue weighted by atomic mass is 32.3. The second kappa shape index (κ2) is 7.34. The average molecular weight is 489 g/mol. The van der Waals surface area contributed by atoms with Gasteiger partial charge in [0.25, 0.3) is 10.0 Å². The van der Waals surface area contributed by atoms with E-state index in [9.17, 15) is 17.5 Å². The van der Waals surface area contributed by atoms with E-state index >= 15 is 0 Å². The molecule has 0 spiro atoms. The molecule has 1 aliphatic rings. The van der Waals surface area contributed by atoms with Crippen molar-refractivity contribution in [1.82, 2.24) is 0 Å². The molecule has 0 fully saturated rings. The fourth-order valence-electron chi connectivity index (χ4n) is 3.58. The molecular formula is C21H16N2O4S4. The molecule has 1 aliphatic heterocycles. The molecule has 0 saturated carbocycles. The summed E-state index contributed by atoms with van der Waals surface area (Å²) >= 11 is 2.50. The molecule has 2 N–H and O–H groups in total. The van der Waals surface area contributed by atoms with Gasteiger partial charge in [0, 0.05) is 9.58 Å². The molecule has 0 bridgehead atoms. The van der Waals surface area contributed by atoms with Crippen molar-refractivity contribution in [3.63, 3.8) is 0 Å². The highest BCUT2D eigenvalue weighted by Crippen LogP contribution is 2.56. The largest absolute Gasteiger partial charge is 0.295 e. The normalized spacial score (nSPS) is 16.6. The molecule has 5 rings (SSSR count). The number of hydrogen-bond donors (Lipinski definition) is 2. The van der Waals surface area contributed by atoms with Crippen LogP contribution in [0.15, 0.2) is 69.8 Å². The van der Waals surface area contributed by atoms with Gasteiger partial charge >= 0.3 is 0 Å².